The second-order valence-electron chi connectivity index (χ2n) is 10.3. The van der Waals surface area contributed by atoms with E-state index in [4.69, 9.17) is 32.7 Å². The molecule has 0 amide bonds. The number of nitrogens with zero attached hydrogens (tertiary/aromatic N) is 5. The van der Waals surface area contributed by atoms with Gasteiger partial charge in [0, 0.05) is 16.7 Å². The van der Waals surface area contributed by atoms with E-state index in [-0.39, 0.29) is 27.6 Å². The number of aromatic nitrogens is 4. The van der Waals surface area contributed by atoms with Gasteiger partial charge in [-0.05, 0) is 79.2 Å². The van der Waals surface area contributed by atoms with Crippen LogP contribution in [-0.4, -0.2) is 44.4 Å². The maximum absolute atomic E-state index is 14.0. The fourth-order valence-electron chi connectivity index (χ4n) is 5.09. The Labute approximate surface area is 290 Å². The number of hydrogen-bond acceptors (Lipinski definition) is 11. The molecule has 0 bridgehead atoms. The molecule has 48 heavy (non-hydrogen) atoms. The molecule has 5 aromatic rings. The van der Waals surface area contributed by atoms with Crippen LogP contribution in [0.1, 0.15) is 31.0 Å². The van der Waals surface area contributed by atoms with E-state index in [0.29, 0.717) is 53.7 Å². The van der Waals surface area contributed by atoms with E-state index in [2.05, 4.69) is 20.2 Å². The minimum absolute atomic E-state index is 0.149. The number of allylic oxidation sites excluding steroid dienone is 1. The molecule has 0 saturated carbocycles. The third-order valence-corrected chi connectivity index (χ3v) is 9.74. The van der Waals surface area contributed by atoms with Gasteiger partial charge < -0.3 is 9.47 Å². The van der Waals surface area contributed by atoms with Gasteiger partial charge in [-0.2, -0.15) is 0 Å². The normalized spacial score (nSPS) is 14.4. The molecule has 244 valence electrons. The van der Waals surface area contributed by atoms with Crippen LogP contribution >= 0.6 is 46.3 Å². The molecule has 1 aliphatic rings. The van der Waals surface area contributed by atoms with Crippen molar-refractivity contribution in [1.29, 1.82) is 0 Å². The maximum Gasteiger partial charge on any atom is 0.338 e. The molecule has 2 aromatic heterocycles. The molecule has 0 saturated heterocycles. The number of thiazole rings is 1. The molecule has 3 aromatic carbocycles. The highest BCUT2D eigenvalue weighted by Gasteiger charge is 2.33. The minimum Gasteiger partial charge on any atom is -0.497 e. The number of nitro groups is 1. The second kappa shape index (κ2) is 13.8. The van der Waals surface area contributed by atoms with Gasteiger partial charge in [0.15, 0.2) is 10.6 Å². The average molecular weight is 724 g/mol. The highest BCUT2D eigenvalue weighted by molar-refractivity contribution is 7.99. The molecule has 12 nitrogen and oxygen atoms in total. The van der Waals surface area contributed by atoms with Crippen LogP contribution in [0, 0.1) is 10.1 Å². The standard InChI is InChI=1S/C32H24Cl2N6O6S2/c1-4-46-30(42)26-16(2)35-32-39(27(26)18-6-9-20(45-3)10-7-18)29(41)25(48-32)14-17-5-12-24(23(13-17)40(43)44)47-31-36-28(37-38-31)21-11-8-19(33)15-22(21)34/h5-15,27H,4H2,1-3H3,(H,36,37,38)/b25-14+/t27-/m1/s1. The zero-order valence-corrected chi connectivity index (χ0v) is 28.5. The van der Waals surface area contributed by atoms with Gasteiger partial charge in [0.05, 0.1) is 50.4 Å². The van der Waals surface area contributed by atoms with Crippen molar-refractivity contribution < 1.29 is 19.2 Å². The fourth-order valence-corrected chi connectivity index (χ4v) is 7.43. The number of nitrogens with one attached hydrogen (secondary N) is 1. The third-order valence-electron chi connectivity index (χ3n) is 7.28. The van der Waals surface area contributed by atoms with Gasteiger partial charge in [-0.3, -0.25) is 24.6 Å². The number of aromatic amines is 1. The summed E-state index contributed by atoms with van der Waals surface area (Å²) in [4.78, 5) is 48.4. The first-order valence-electron chi connectivity index (χ1n) is 14.3. The Morgan fingerprint density at radius 1 is 1.17 bits per heavy atom. The lowest BCUT2D eigenvalue weighted by atomic mass is 9.96. The van der Waals surface area contributed by atoms with Crippen LogP contribution in [0.25, 0.3) is 17.5 Å². The number of rotatable bonds is 9. The molecule has 0 spiro atoms. The van der Waals surface area contributed by atoms with Crippen LogP contribution in [-0.2, 0) is 9.53 Å². The van der Waals surface area contributed by atoms with Crippen molar-refractivity contribution in [3.05, 3.63) is 123 Å². The monoisotopic (exact) mass is 722 g/mol. The molecule has 0 radical (unpaired) electrons. The molecule has 0 aliphatic carbocycles. The fraction of sp³-hybridized carbons (Fsp3) is 0.156. The van der Waals surface area contributed by atoms with Crippen molar-refractivity contribution >= 4 is 64.0 Å². The molecule has 1 aliphatic heterocycles. The number of methoxy groups -OCH3 is 1. The van der Waals surface area contributed by atoms with Gasteiger partial charge in [-0.1, -0.05) is 52.7 Å². The number of halogens is 2. The largest absolute Gasteiger partial charge is 0.497 e. The zero-order chi connectivity index (χ0) is 34.1. The van der Waals surface area contributed by atoms with Gasteiger partial charge in [0.2, 0.25) is 5.16 Å². The maximum atomic E-state index is 14.0. The Morgan fingerprint density at radius 2 is 1.94 bits per heavy atom. The van der Waals surface area contributed by atoms with E-state index in [1.165, 1.54) is 10.6 Å². The quantitative estimate of drug-likeness (QED) is 0.110. The Balaban J connectivity index is 1.37. The van der Waals surface area contributed by atoms with Crippen molar-refractivity contribution in [1.82, 2.24) is 19.7 Å². The number of esters is 1. The van der Waals surface area contributed by atoms with Crippen LogP contribution in [0.15, 0.2) is 91.8 Å². The molecular weight excluding hydrogens is 699 g/mol. The molecule has 1 atom stereocenters. The summed E-state index contributed by atoms with van der Waals surface area (Å²) >= 11 is 14.4. The van der Waals surface area contributed by atoms with E-state index < -0.39 is 22.5 Å². The summed E-state index contributed by atoms with van der Waals surface area (Å²) in [7, 11) is 1.55. The van der Waals surface area contributed by atoms with Crippen LogP contribution in [0.5, 0.6) is 5.75 Å². The van der Waals surface area contributed by atoms with Crippen LogP contribution in [0.4, 0.5) is 5.69 Å². The summed E-state index contributed by atoms with van der Waals surface area (Å²) in [5, 5.41) is 20.2. The van der Waals surface area contributed by atoms with E-state index in [9.17, 15) is 19.7 Å². The summed E-state index contributed by atoms with van der Waals surface area (Å²) in [6, 6.07) is 15.8. The Morgan fingerprint density at radius 3 is 2.62 bits per heavy atom. The Kier molecular flexibility index (Phi) is 9.51. The van der Waals surface area contributed by atoms with Crippen LogP contribution in [0.3, 0.4) is 0 Å². The molecule has 1 N–H and O–H groups in total. The molecule has 16 heteroatoms. The lowest BCUT2D eigenvalue weighted by Gasteiger charge is -2.24. The SMILES string of the molecule is CCOC(=O)C1=C(C)N=c2s/c(=C/c3ccc(Sc4n[nH]c(-c5ccc(Cl)cc5Cl)n4)c([N+](=O)[O-])c3)c(=O)n2[C@@H]1c1ccc(OC)cc1. The molecule has 0 unspecified atom stereocenters. The topological polar surface area (TPSA) is 155 Å². The van der Waals surface area contributed by atoms with Crippen molar-refractivity contribution in [2.75, 3.05) is 13.7 Å². The number of carbonyl (C=O) groups is 1. The van der Waals surface area contributed by atoms with Gasteiger partial charge in [-0.15, -0.1) is 5.10 Å². The molecule has 0 fully saturated rings. The smallest absolute Gasteiger partial charge is 0.338 e. The van der Waals surface area contributed by atoms with Crippen molar-refractivity contribution in [3.8, 4) is 17.1 Å². The number of fused-ring (bicyclic) bond motifs is 1. The van der Waals surface area contributed by atoms with Crippen LogP contribution in [0.2, 0.25) is 10.0 Å². The summed E-state index contributed by atoms with van der Waals surface area (Å²) in [6.07, 6.45) is 1.56. The lowest BCUT2D eigenvalue weighted by Crippen LogP contribution is -2.39. The Hall–Kier alpha value is -4.76. The van der Waals surface area contributed by atoms with E-state index in [1.807, 2.05) is 0 Å². The molecular formula is C32H24Cl2N6O6S2. The summed E-state index contributed by atoms with van der Waals surface area (Å²) in [5.74, 6) is 0.415. The van der Waals surface area contributed by atoms with Gasteiger partial charge >= 0.3 is 5.97 Å². The number of nitro benzene ring substituents is 1. The van der Waals surface area contributed by atoms with Gasteiger partial charge in [0.1, 0.15) is 5.75 Å². The lowest BCUT2D eigenvalue weighted by molar-refractivity contribution is -0.387. The zero-order valence-electron chi connectivity index (χ0n) is 25.4. The Bertz CT molecular complexity index is 2300. The van der Waals surface area contributed by atoms with Crippen molar-refractivity contribution in [3.63, 3.8) is 0 Å². The van der Waals surface area contributed by atoms with E-state index in [1.54, 1.807) is 81.6 Å². The highest BCUT2D eigenvalue weighted by atomic mass is 35.5. The van der Waals surface area contributed by atoms with E-state index >= 15 is 0 Å². The van der Waals surface area contributed by atoms with Crippen molar-refractivity contribution in [2.24, 2.45) is 4.99 Å². The third kappa shape index (κ3) is 6.52. The summed E-state index contributed by atoms with van der Waals surface area (Å²) < 4.78 is 12.4. The van der Waals surface area contributed by atoms with Gasteiger partial charge in [0.25, 0.3) is 11.2 Å². The predicted octanol–water partition coefficient (Wildman–Crippen LogP) is 5.96. The predicted molar refractivity (Wildman–Crippen MR) is 182 cm³/mol. The molecule has 3 heterocycles. The number of benzene rings is 3. The first kappa shape index (κ1) is 33.2. The van der Waals surface area contributed by atoms with Gasteiger partial charge in [-0.25, -0.2) is 14.8 Å². The minimum atomic E-state index is -0.810. The van der Waals surface area contributed by atoms with E-state index in [0.717, 1.165) is 23.1 Å². The number of carbonyl (C=O) groups excluding carboxylic acids is 1. The van der Waals surface area contributed by atoms with Crippen molar-refractivity contribution in [2.45, 2.75) is 29.9 Å². The first-order chi connectivity index (χ1) is 23.1. The van der Waals surface area contributed by atoms with Crippen LogP contribution < -0.4 is 19.6 Å². The number of ether oxygens (including phenoxy) is 2. The summed E-state index contributed by atoms with van der Waals surface area (Å²) in [6.45, 7) is 3.55. The highest BCUT2D eigenvalue weighted by Crippen LogP contribution is 2.36. The number of H-pyrrole nitrogens is 1. The summed E-state index contributed by atoms with van der Waals surface area (Å²) in [5.41, 5.74) is 1.70. The second-order valence-corrected chi connectivity index (χ2v) is 13.1. The average Bonchev–Trinajstić information content (AvgIpc) is 3.64. The molecule has 6 rings (SSSR count). The number of hydrogen-bond donors (Lipinski definition) is 1. The first-order valence-corrected chi connectivity index (χ1v) is 16.6.